The number of carbonyl (C=O) groups excluding carboxylic acids is 1. The SMILES string of the molecule is Cc1ccc(-n2ncc(C(=O)NCC(F)(F)CN)c2C(F)(F)F)cc1.Cl. The fourth-order valence-corrected chi connectivity index (χ4v) is 2.05. The van der Waals surface area contributed by atoms with Crippen molar-refractivity contribution in [1.82, 2.24) is 15.1 Å². The Kier molecular flexibility index (Phi) is 6.72. The van der Waals surface area contributed by atoms with Gasteiger partial charge >= 0.3 is 6.18 Å². The molecule has 0 aliphatic rings. The van der Waals surface area contributed by atoms with E-state index in [-0.39, 0.29) is 18.1 Å². The summed E-state index contributed by atoms with van der Waals surface area (Å²) in [5.74, 6) is -4.72. The van der Waals surface area contributed by atoms with E-state index in [9.17, 15) is 26.7 Å². The molecule has 1 aromatic heterocycles. The third kappa shape index (κ3) is 4.92. The summed E-state index contributed by atoms with van der Waals surface area (Å²) in [5, 5.41) is 5.35. The molecule has 0 spiro atoms. The van der Waals surface area contributed by atoms with Crippen LogP contribution in [0.25, 0.3) is 5.69 Å². The van der Waals surface area contributed by atoms with E-state index in [0.717, 1.165) is 5.56 Å². The molecular formula is C15H16ClF5N4O. The lowest BCUT2D eigenvalue weighted by Gasteiger charge is -2.16. The van der Waals surface area contributed by atoms with Gasteiger partial charge in [-0.3, -0.25) is 4.79 Å². The van der Waals surface area contributed by atoms with Crippen LogP contribution in [0, 0.1) is 6.92 Å². The number of rotatable bonds is 5. The maximum atomic E-state index is 13.4. The summed E-state index contributed by atoms with van der Waals surface area (Å²) in [6, 6.07) is 5.97. The molecule has 2 aromatic rings. The van der Waals surface area contributed by atoms with E-state index in [1.165, 1.54) is 12.1 Å². The minimum absolute atomic E-state index is 0. The molecular weight excluding hydrogens is 383 g/mol. The summed E-state index contributed by atoms with van der Waals surface area (Å²) in [4.78, 5) is 11.9. The Morgan fingerprint density at radius 2 is 1.77 bits per heavy atom. The summed E-state index contributed by atoms with van der Waals surface area (Å²) in [6.45, 7) is -0.453. The molecule has 0 atom stereocenters. The Hall–Kier alpha value is -2.20. The van der Waals surface area contributed by atoms with E-state index in [1.54, 1.807) is 24.4 Å². The van der Waals surface area contributed by atoms with Crippen molar-refractivity contribution in [2.75, 3.05) is 13.1 Å². The third-order valence-electron chi connectivity index (χ3n) is 3.37. The van der Waals surface area contributed by atoms with E-state index >= 15 is 0 Å². The van der Waals surface area contributed by atoms with Gasteiger partial charge in [0.1, 0.15) is 0 Å². The van der Waals surface area contributed by atoms with Crippen molar-refractivity contribution in [3.8, 4) is 5.69 Å². The molecule has 11 heteroatoms. The minimum Gasteiger partial charge on any atom is -0.346 e. The molecule has 3 N–H and O–H groups in total. The van der Waals surface area contributed by atoms with Crippen LogP contribution in [0.15, 0.2) is 30.5 Å². The minimum atomic E-state index is -4.91. The number of carbonyl (C=O) groups is 1. The van der Waals surface area contributed by atoms with Crippen LogP contribution in [-0.4, -0.2) is 34.7 Å². The Morgan fingerprint density at radius 1 is 1.19 bits per heavy atom. The van der Waals surface area contributed by atoms with Crippen LogP contribution in [0.5, 0.6) is 0 Å². The number of nitrogens with zero attached hydrogens (tertiary/aromatic N) is 2. The van der Waals surface area contributed by atoms with Gasteiger partial charge in [0.2, 0.25) is 0 Å². The highest BCUT2D eigenvalue weighted by atomic mass is 35.5. The quantitative estimate of drug-likeness (QED) is 0.761. The molecule has 0 unspecified atom stereocenters. The Labute approximate surface area is 151 Å². The standard InChI is InChI=1S/C15H15F5N4O.ClH/c1-9-2-4-10(5-3-9)24-12(15(18,19)20)11(6-23-24)13(25)22-8-14(16,17)7-21;/h2-6H,7-8,21H2,1H3,(H,22,25);1H. The number of halogens is 6. The van der Waals surface area contributed by atoms with Gasteiger partial charge in [0.15, 0.2) is 5.69 Å². The molecule has 0 radical (unpaired) electrons. The molecule has 144 valence electrons. The zero-order valence-electron chi connectivity index (χ0n) is 13.5. The highest BCUT2D eigenvalue weighted by molar-refractivity contribution is 5.95. The number of nitrogens with two attached hydrogens (primary N) is 1. The van der Waals surface area contributed by atoms with Crippen molar-refractivity contribution < 1.29 is 26.7 Å². The molecule has 1 heterocycles. The normalized spacial score (nSPS) is 11.8. The average molecular weight is 399 g/mol. The molecule has 0 bridgehead atoms. The number of benzene rings is 1. The summed E-state index contributed by atoms with van der Waals surface area (Å²) in [5.41, 5.74) is 3.55. The first-order valence-corrected chi connectivity index (χ1v) is 7.13. The molecule has 0 saturated carbocycles. The number of amides is 1. The molecule has 1 amide bonds. The van der Waals surface area contributed by atoms with Crippen molar-refractivity contribution in [3.63, 3.8) is 0 Å². The van der Waals surface area contributed by atoms with E-state index in [1.807, 2.05) is 0 Å². The van der Waals surface area contributed by atoms with Crippen molar-refractivity contribution in [1.29, 1.82) is 0 Å². The largest absolute Gasteiger partial charge is 0.434 e. The fraction of sp³-hybridized carbons (Fsp3) is 0.333. The summed E-state index contributed by atoms with van der Waals surface area (Å²) in [7, 11) is 0. The Balaban J connectivity index is 0.00000338. The first-order valence-electron chi connectivity index (χ1n) is 7.13. The van der Waals surface area contributed by atoms with Crippen LogP contribution in [0.1, 0.15) is 21.6 Å². The van der Waals surface area contributed by atoms with Gasteiger partial charge in [-0.1, -0.05) is 17.7 Å². The average Bonchev–Trinajstić information content (AvgIpc) is 2.99. The lowest BCUT2D eigenvalue weighted by atomic mass is 10.2. The monoisotopic (exact) mass is 398 g/mol. The zero-order chi connectivity index (χ0) is 18.8. The molecule has 2 rings (SSSR count). The molecule has 0 saturated heterocycles. The maximum Gasteiger partial charge on any atom is 0.434 e. The van der Waals surface area contributed by atoms with Gasteiger partial charge in [0, 0.05) is 0 Å². The van der Waals surface area contributed by atoms with Gasteiger partial charge in [0.05, 0.1) is 30.5 Å². The summed E-state index contributed by atoms with van der Waals surface area (Å²) < 4.78 is 66.9. The smallest absolute Gasteiger partial charge is 0.346 e. The van der Waals surface area contributed by atoms with Gasteiger partial charge in [-0.25, -0.2) is 13.5 Å². The topological polar surface area (TPSA) is 72.9 Å². The molecule has 5 nitrogen and oxygen atoms in total. The zero-order valence-corrected chi connectivity index (χ0v) is 14.3. The van der Waals surface area contributed by atoms with Gasteiger partial charge in [-0.2, -0.15) is 18.3 Å². The van der Waals surface area contributed by atoms with Crippen LogP contribution in [-0.2, 0) is 6.18 Å². The van der Waals surface area contributed by atoms with Crippen molar-refractivity contribution in [3.05, 3.63) is 47.3 Å². The maximum absolute atomic E-state index is 13.4. The van der Waals surface area contributed by atoms with Gasteiger partial charge in [-0.05, 0) is 19.1 Å². The first-order chi connectivity index (χ1) is 11.5. The first kappa shape index (κ1) is 21.8. The van der Waals surface area contributed by atoms with E-state index in [4.69, 9.17) is 5.73 Å². The second-order valence-corrected chi connectivity index (χ2v) is 5.39. The lowest BCUT2D eigenvalue weighted by Crippen LogP contribution is -2.41. The molecule has 0 fully saturated rings. The van der Waals surface area contributed by atoms with Crippen molar-refractivity contribution in [2.24, 2.45) is 5.73 Å². The number of hydrogen-bond donors (Lipinski definition) is 2. The Bertz CT molecular complexity index is 758. The van der Waals surface area contributed by atoms with Crippen LogP contribution in [0.3, 0.4) is 0 Å². The highest BCUT2D eigenvalue weighted by Gasteiger charge is 2.41. The van der Waals surface area contributed by atoms with E-state index < -0.39 is 42.4 Å². The van der Waals surface area contributed by atoms with Gasteiger partial charge in [0.25, 0.3) is 11.8 Å². The summed E-state index contributed by atoms with van der Waals surface area (Å²) in [6.07, 6.45) is -4.22. The van der Waals surface area contributed by atoms with Crippen molar-refractivity contribution in [2.45, 2.75) is 19.0 Å². The predicted molar refractivity (Wildman–Crippen MR) is 86.9 cm³/mol. The van der Waals surface area contributed by atoms with Crippen LogP contribution in [0.2, 0.25) is 0 Å². The van der Waals surface area contributed by atoms with Gasteiger partial charge < -0.3 is 11.1 Å². The number of aryl methyl sites for hydroxylation is 1. The molecule has 0 aliphatic heterocycles. The number of hydrogen-bond acceptors (Lipinski definition) is 3. The number of nitrogens with one attached hydrogen (secondary N) is 1. The van der Waals surface area contributed by atoms with Gasteiger partial charge in [-0.15, -0.1) is 12.4 Å². The number of aromatic nitrogens is 2. The predicted octanol–water partition coefficient (Wildman–Crippen LogP) is 2.95. The van der Waals surface area contributed by atoms with E-state index in [0.29, 0.717) is 10.9 Å². The van der Waals surface area contributed by atoms with E-state index in [2.05, 4.69) is 5.10 Å². The second-order valence-electron chi connectivity index (χ2n) is 5.39. The number of alkyl halides is 5. The van der Waals surface area contributed by atoms with Crippen LogP contribution in [0.4, 0.5) is 22.0 Å². The molecule has 1 aromatic carbocycles. The molecule has 26 heavy (non-hydrogen) atoms. The van der Waals surface area contributed by atoms with Crippen molar-refractivity contribution >= 4 is 18.3 Å². The van der Waals surface area contributed by atoms with Crippen LogP contribution >= 0.6 is 12.4 Å². The highest BCUT2D eigenvalue weighted by Crippen LogP contribution is 2.33. The fourth-order valence-electron chi connectivity index (χ4n) is 2.05. The lowest BCUT2D eigenvalue weighted by molar-refractivity contribution is -0.143. The Morgan fingerprint density at radius 3 is 2.27 bits per heavy atom. The molecule has 0 aliphatic carbocycles. The third-order valence-corrected chi connectivity index (χ3v) is 3.37. The summed E-state index contributed by atoms with van der Waals surface area (Å²) >= 11 is 0. The van der Waals surface area contributed by atoms with Crippen LogP contribution < -0.4 is 11.1 Å². The second kappa shape index (κ2) is 8.00.